The van der Waals surface area contributed by atoms with Crippen LogP contribution >= 0.6 is 35.0 Å². The number of fused-ring (bicyclic) bond motifs is 1. The average Bonchev–Trinajstić information content (AvgIpc) is 2.39. The van der Waals surface area contributed by atoms with Gasteiger partial charge in [0.25, 0.3) is 0 Å². The molecule has 1 aromatic carbocycles. The SMILES string of the molecule is CCN(CC)CC1=C(Cl)c2cc(Cl)ccc2SC1. The van der Waals surface area contributed by atoms with Crippen LogP contribution in [-0.2, 0) is 0 Å². The highest BCUT2D eigenvalue weighted by Crippen LogP contribution is 2.40. The lowest BCUT2D eigenvalue weighted by molar-refractivity contribution is 0.331. The molecule has 98 valence electrons. The van der Waals surface area contributed by atoms with Crippen LogP contribution in [0.3, 0.4) is 0 Å². The smallest absolute Gasteiger partial charge is 0.0503 e. The fourth-order valence-corrected chi connectivity index (χ4v) is 3.69. The van der Waals surface area contributed by atoms with Crippen LogP contribution in [0, 0.1) is 0 Å². The van der Waals surface area contributed by atoms with E-state index in [1.807, 2.05) is 23.9 Å². The fraction of sp³-hybridized carbons (Fsp3) is 0.429. The molecule has 0 aliphatic carbocycles. The standard InChI is InChI=1S/C14H17Cl2NS/c1-3-17(4-2)8-10-9-18-13-6-5-11(15)7-12(13)14(10)16/h5-7H,3-4,8-9H2,1-2H3. The highest BCUT2D eigenvalue weighted by Gasteiger charge is 2.19. The van der Waals surface area contributed by atoms with Crippen molar-refractivity contribution >= 4 is 40.0 Å². The number of hydrogen-bond donors (Lipinski definition) is 0. The van der Waals surface area contributed by atoms with Gasteiger partial charge in [0.2, 0.25) is 0 Å². The molecular formula is C14H17Cl2NS. The molecule has 4 heteroatoms. The molecule has 1 aliphatic rings. The van der Waals surface area contributed by atoms with Crippen molar-refractivity contribution in [1.82, 2.24) is 4.90 Å². The lowest BCUT2D eigenvalue weighted by Gasteiger charge is -2.25. The van der Waals surface area contributed by atoms with Gasteiger partial charge in [-0.05, 0) is 36.9 Å². The quantitative estimate of drug-likeness (QED) is 0.790. The summed E-state index contributed by atoms with van der Waals surface area (Å²) in [7, 11) is 0. The van der Waals surface area contributed by atoms with E-state index in [1.54, 1.807) is 0 Å². The second-order valence-corrected chi connectivity index (χ2v) is 6.14. The predicted molar refractivity (Wildman–Crippen MR) is 82.7 cm³/mol. The van der Waals surface area contributed by atoms with Crippen LogP contribution in [0.2, 0.25) is 5.02 Å². The number of nitrogens with zero attached hydrogens (tertiary/aromatic N) is 1. The molecule has 0 aromatic heterocycles. The van der Waals surface area contributed by atoms with Gasteiger partial charge in [-0.15, -0.1) is 11.8 Å². The molecular weight excluding hydrogens is 285 g/mol. The summed E-state index contributed by atoms with van der Waals surface area (Å²) in [5.74, 6) is 0.976. The molecule has 1 nitrogen and oxygen atoms in total. The third-order valence-corrected chi connectivity index (χ3v) is 5.07. The van der Waals surface area contributed by atoms with Gasteiger partial charge in [0.15, 0.2) is 0 Å². The Labute approximate surface area is 123 Å². The second kappa shape index (κ2) is 6.33. The number of rotatable bonds is 4. The van der Waals surface area contributed by atoms with E-state index in [-0.39, 0.29) is 0 Å². The molecule has 0 bridgehead atoms. The molecule has 1 heterocycles. The van der Waals surface area contributed by atoms with Crippen molar-refractivity contribution < 1.29 is 0 Å². The summed E-state index contributed by atoms with van der Waals surface area (Å²) >= 11 is 14.4. The van der Waals surface area contributed by atoms with Crippen molar-refractivity contribution in [1.29, 1.82) is 0 Å². The molecule has 0 amide bonds. The van der Waals surface area contributed by atoms with Gasteiger partial charge in [0, 0.05) is 27.8 Å². The molecule has 0 radical (unpaired) electrons. The van der Waals surface area contributed by atoms with Gasteiger partial charge in [-0.3, -0.25) is 4.90 Å². The van der Waals surface area contributed by atoms with E-state index in [2.05, 4.69) is 24.8 Å². The van der Waals surface area contributed by atoms with Crippen LogP contribution in [0.4, 0.5) is 0 Å². The van der Waals surface area contributed by atoms with Gasteiger partial charge in [0.05, 0.1) is 5.03 Å². The van der Waals surface area contributed by atoms with E-state index in [0.29, 0.717) is 0 Å². The van der Waals surface area contributed by atoms with Crippen molar-refractivity contribution in [3.05, 3.63) is 34.4 Å². The summed E-state index contributed by atoms with van der Waals surface area (Å²) in [6, 6.07) is 5.94. The zero-order valence-electron chi connectivity index (χ0n) is 10.7. The zero-order valence-corrected chi connectivity index (χ0v) is 13.0. The number of thioether (sulfide) groups is 1. The van der Waals surface area contributed by atoms with Crippen LogP contribution in [0.5, 0.6) is 0 Å². The number of halogens is 2. The fourth-order valence-electron chi connectivity index (χ4n) is 2.05. The normalized spacial score (nSPS) is 15.2. The van der Waals surface area contributed by atoms with E-state index in [9.17, 15) is 0 Å². The van der Waals surface area contributed by atoms with Gasteiger partial charge < -0.3 is 0 Å². The van der Waals surface area contributed by atoms with Crippen LogP contribution in [0.15, 0.2) is 28.7 Å². The van der Waals surface area contributed by atoms with Crippen molar-refractivity contribution in [2.24, 2.45) is 0 Å². The Kier molecular flexibility index (Phi) is 5.02. The third kappa shape index (κ3) is 3.05. The van der Waals surface area contributed by atoms with Crippen molar-refractivity contribution in [3.8, 4) is 0 Å². The maximum atomic E-state index is 6.52. The van der Waals surface area contributed by atoms with Crippen LogP contribution < -0.4 is 0 Å². The van der Waals surface area contributed by atoms with Crippen LogP contribution in [0.25, 0.3) is 5.03 Å². The largest absolute Gasteiger partial charge is 0.300 e. The molecule has 0 saturated heterocycles. The molecule has 0 saturated carbocycles. The number of likely N-dealkylation sites (N-methyl/N-ethyl adjacent to an activating group) is 1. The summed E-state index contributed by atoms with van der Waals surface area (Å²) in [5.41, 5.74) is 2.39. The summed E-state index contributed by atoms with van der Waals surface area (Å²) in [6.45, 7) is 7.41. The summed E-state index contributed by atoms with van der Waals surface area (Å²) in [6.07, 6.45) is 0. The predicted octanol–water partition coefficient (Wildman–Crippen LogP) is 4.74. The Bertz CT molecular complexity index is 467. The van der Waals surface area contributed by atoms with Gasteiger partial charge in [-0.1, -0.05) is 37.0 Å². The molecule has 0 atom stereocenters. The zero-order chi connectivity index (χ0) is 13.1. The number of benzene rings is 1. The Morgan fingerprint density at radius 1 is 1.22 bits per heavy atom. The highest BCUT2D eigenvalue weighted by molar-refractivity contribution is 7.99. The molecule has 0 N–H and O–H groups in total. The summed E-state index contributed by atoms with van der Waals surface area (Å²) < 4.78 is 0. The van der Waals surface area contributed by atoms with Gasteiger partial charge in [-0.25, -0.2) is 0 Å². The molecule has 18 heavy (non-hydrogen) atoms. The topological polar surface area (TPSA) is 3.24 Å². The van der Waals surface area contributed by atoms with Gasteiger partial charge in [0.1, 0.15) is 0 Å². The molecule has 0 unspecified atom stereocenters. The number of hydrogen-bond acceptors (Lipinski definition) is 2. The maximum absolute atomic E-state index is 6.52. The summed E-state index contributed by atoms with van der Waals surface area (Å²) in [4.78, 5) is 3.61. The van der Waals surface area contributed by atoms with E-state index in [4.69, 9.17) is 23.2 Å². The van der Waals surface area contributed by atoms with E-state index >= 15 is 0 Å². The lowest BCUT2D eigenvalue weighted by atomic mass is 10.1. The first kappa shape index (κ1) is 14.3. The monoisotopic (exact) mass is 301 g/mol. The van der Waals surface area contributed by atoms with E-state index in [0.717, 1.165) is 41.0 Å². The first-order valence-corrected chi connectivity index (χ1v) is 7.92. The summed E-state index contributed by atoms with van der Waals surface area (Å²) in [5, 5.41) is 1.63. The van der Waals surface area contributed by atoms with Crippen LogP contribution in [0.1, 0.15) is 19.4 Å². The van der Waals surface area contributed by atoms with Gasteiger partial charge >= 0.3 is 0 Å². The second-order valence-electron chi connectivity index (χ2n) is 4.31. The molecule has 0 spiro atoms. The van der Waals surface area contributed by atoms with Crippen molar-refractivity contribution in [2.75, 3.05) is 25.4 Å². The highest BCUT2D eigenvalue weighted by atomic mass is 35.5. The Balaban J connectivity index is 2.29. The molecule has 1 aromatic rings. The van der Waals surface area contributed by atoms with E-state index < -0.39 is 0 Å². The Morgan fingerprint density at radius 2 is 1.94 bits per heavy atom. The minimum absolute atomic E-state index is 0.747. The Morgan fingerprint density at radius 3 is 2.61 bits per heavy atom. The molecule has 2 rings (SSSR count). The first-order chi connectivity index (χ1) is 8.65. The van der Waals surface area contributed by atoms with Gasteiger partial charge in [-0.2, -0.15) is 0 Å². The van der Waals surface area contributed by atoms with Crippen LogP contribution in [-0.4, -0.2) is 30.3 Å². The first-order valence-electron chi connectivity index (χ1n) is 6.18. The molecule has 0 fully saturated rings. The van der Waals surface area contributed by atoms with Crippen molar-refractivity contribution in [2.45, 2.75) is 18.7 Å². The third-order valence-electron chi connectivity index (χ3n) is 3.20. The minimum atomic E-state index is 0.747. The lowest BCUT2D eigenvalue weighted by Crippen LogP contribution is -2.26. The Hall–Kier alpha value is -0.150. The minimum Gasteiger partial charge on any atom is -0.300 e. The van der Waals surface area contributed by atoms with E-state index in [1.165, 1.54) is 10.5 Å². The van der Waals surface area contributed by atoms with Crippen molar-refractivity contribution in [3.63, 3.8) is 0 Å². The molecule has 1 aliphatic heterocycles. The maximum Gasteiger partial charge on any atom is 0.0503 e. The average molecular weight is 302 g/mol.